The van der Waals surface area contributed by atoms with Crippen LogP contribution in [-0.4, -0.2) is 28.7 Å². The van der Waals surface area contributed by atoms with Crippen molar-refractivity contribution in [3.05, 3.63) is 33.8 Å². The second-order valence-electron chi connectivity index (χ2n) is 5.97. The molecule has 0 aromatic heterocycles. The number of nitrogens with two attached hydrogens (primary N) is 1. The summed E-state index contributed by atoms with van der Waals surface area (Å²) in [6, 6.07) is 3.93. The standard InChI is InChI=1S/C15H19Cl2NO4/c1-15(2,3)22-14(21)12(13(19)20)11(18)7-8-4-5-9(16)10(17)6-8/h4-6,11-12H,7,18H2,1-3H3,(H,19,20)/t11-,12-/m0/s1. The summed E-state index contributed by atoms with van der Waals surface area (Å²) in [4.78, 5) is 23.4. The van der Waals surface area contributed by atoms with Gasteiger partial charge in [0.1, 0.15) is 5.60 Å². The molecular formula is C15H19Cl2NO4. The number of carboxylic acid groups (broad SMARTS) is 1. The zero-order valence-corrected chi connectivity index (χ0v) is 14.1. The number of rotatable bonds is 5. The molecule has 1 aromatic carbocycles. The number of halogens is 2. The smallest absolute Gasteiger partial charge is 0.322 e. The van der Waals surface area contributed by atoms with Gasteiger partial charge in [0, 0.05) is 6.04 Å². The number of carboxylic acids is 1. The SMILES string of the molecule is CC(C)(C)OC(=O)[C@H](C(=O)O)[C@@H](N)Cc1ccc(Cl)c(Cl)c1. The molecule has 0 saturated heterocycles. The molecule has 0 saturated carbocycles. The Morgan fingerprint density at radius 2 is 1.86 bits per heavy atom. The van der Waals surface area contributed by atoms with Crippen molar-refractivity contribution in [3.8, 4) is 0 Å². The van der Waals surface area contributed by atoms with Gasteiger partial charge in [-0.05, 0) is 44.9 Å². The molecule has 22 heavy (non-hydrogen) atoms. The average molecular weight is 348 g/mol. The molecule has 0 aliphatic carbocycles. The first kappa shape index (κ1) is 18.7. The first-order chi connectivity index (χ1) is 10.0. The van der Waals surface area contributed by atoms with Gasteiger partial charge in [0.2, 0.25) is 0 Å². The summed E-state index contributed by atoms with van der Waals surface area (Å²) < 4.78 is 5.12. The number of esters is 1. The summed E-state index contributed by atoms with van der Waals surface area (Å²) in [6.07, 6.45) is 0.160. The van der Waals surface area contributed by atoms with E-state index in [1.807, 2.05) is 0 Å². The molecule has 0 fully saturated rings. The van der Waals surface area contributed by atoms with Crippen molar-refractivity contribution in [1.82, 2.24) is 0 Å². The van der Waals surface area contributed by atoms with E-state index in [0.717, 1.165) is 0 Å². The van der Waals surface area contributed by atoms with Crippen LogP contribution in [0.5, 0.6) is 0 Å². The van der Waals surface area contributed by atoms with E-state index in [2.05, 4.69) is 0 Å². The van der Waals surface area contributed by atoms with Gasteiger partial charge in [-0.25, -0.2) is 0 Å². The lowest BCUT2D eigenvalue weighted by atomic mass is 9.94. The van der Waals surface area contributed by atoms with Crippen LogP contribution in [0.25, 0.3) is 0 Å². The first-order valence-electron chi connectivity index (χ1n) is 6.66. The molecule has 3 N–H and O–H groups in total. The van der Waals surface area contributed by atoms with E-state index in [-0.39, 0.29) is 6.42 Å². The quantitative estimate of drug-likeness (QED) is 0.631. The molecule has 122 valence electrons. The van der Waals surface area contributed by atoms with Gasteiger partial charge in [0.05, 0.1) is 10.0 Å². The topological polar surface area (TPSA) is 89.6 Å². The number of carbonyl (C=O) groups excluding carboxylic acids is 1. The monoisotopic (exact) mass is 347 g/mol. The maximum atomic E-state index is 12.0. The van der Waals surface area contributed by atoms with Crippen LogP contribution in [0.4, 0.5) is 0 Å². The summed E-state index contributed by atoms with van der Waals surface area (Å²) >= 11 is 11.7. The summed E-state index contributed by atoms with van der Waals surface area (Å²) in [5.74, 6) is -3.62. The molecule has 7 heteroatoms. The van der Waals surface area contributed by atoms with Crippen LogP contribution >= 0.6 is 23.2 Å². The highest BCUT2D eigenvalue weighted by Crippen LogP contribution is 2.24. The number of hydrogen-bond acceptors (Lipinski definition) is 4. The Morgan fingerprint density at radius 3 is 2.32 bits per heavy atom. The number of hydrogen-bond donors (Lipinski definition) is 2. The number of ether oxygens (including phenoxy) is 1. The predicted octanol–water partition coefficient (Wildman–Crippen LogP) is 2.91. The molecule has 0 bridgehead atoms. The Bertz CT molecular complexity index is 569. The van der Waals surface area contributed by atoms with Gasteiger partial charge in [-0.1, -0.05) is 29.3 Å². The lowest BCUT2D eigenvalue weighted by Gasteiger charge is -2.25. The zero-order chi connectivity index (χ0) is 17.1. The second kappa shape index (κ2) is 7.31. The molecule has 5 nitrogen and oxygen atoms in total. The third-order valence-electron chi connectivity index (χ3n) is 2.81. The van der Waals surface area contributed by atoms with Gasteiger partial charge in [-0.3, -0.25) is 9.59 Å². The number of benzene rings is 1. The molecule has 1 aromatic rings. The second-order valence-corrected chi connectivity index (χ2v) is 6.78. The Morgan fingerprint density at radius 1 is 1.27 bits per heavy atom. The summed E-state index contributed by atoms with van der Waals surface area (Å²) in [6.45, 7) is 4.98. The van der Waals surface area contributed by atoms with Gasteiger partial charge < -0.3 is 15.6 Å². The third kappa shape index (κ3) is 5.48. The molecule has 0 heterocycles. The lowest BCUT2D eigenvalue weighted by Crippen LogP contribution is -2.45. The van der Waals surface area contributed by atoms with E-state index in [0.29, 0.717) is 15.6 Å². The maximum absolute atomic E-state index is 12.0. The van der Waals surface area contributed by atoms with E-state index in [1.54, 1.807) is 39.0 Å². The highest BCUT2D eigenvalue weighted by molar-refractivity contribution is 6.42. The molecule has 0 aliphatic heterocycles. The molecule has 2 atom stereocenters. The number of carbonyl (C=O) groups is 2. The van der Waals surface area contributed by atoms with Gasteiger partial charge in [-0.2, -0.15) is 0 Å². The van der Waals surface area contributed by atoms with Crippen LogP contribution in [-0.2, 0) is 20.7 Å². The Hall–Kier alpha value is -1.30. The molecule has 0 unspecified atom stereocenters. The van der Waals surface area contributed by atoms with E-state index in [1.165, 1.54) is 0 Å². The van der Waals surface area contributed by atoms with Crippen LogP contribution in [0.2, 0.25) is 10.0 Å². The third-order valence-corrected chi connectivity index (χ3v) is 3.55. The zero-order valence-electron chi connectivity index (χ0n) is 12.6. The fourth-order valence-corrected chi connectivity index (χ4v) is 2.20. The molecular weight excluding hydrogens is 329 g/mol. The fraction of sp³-hybridized carbons (Fsp3) is 0.467. The van der Waals surface area contributed by atoms with Crippen LogP contribution in [0, 0.1) is 5.92 Å². The van der Waals surface area contributed by atoms with Crippen molar-refractivity contribution in [2.24, 2.45) is 11.7 Å². The predicted molar refractivity (Wildman–Crippen MR) is 85.1 cm³/mol. The first-order valence-corrected chi connectivity index (χ1v) is 7.42. The minimum atomic E-state index is -1.45. The van der Waals surface area contributed by atoms with Crippen molar-refractivity contribution < 1.29 is 19.4 Å². The molecule has 1 rings (SSSR count). The molecule has 0 aliphatic rings. The van der Waals surface area contributed by atoms with E-state index in [4.69, 9.17) is 33.7 Å². The Labute approximate surface area is 139 Å². The highest BCUT2D eigenvalue weighted by atomic mass is 35.5. The fourth-order valence-electron chi connectivity index (χ4n) is 1.88. The summed E-state index contributed by atoms with van der Waals surface area (Å²) in [5.41, 5.74) is 5.81. The van der Waals surface area contributed by atoms with Gasteiger partial charge in [-0.15, -0.1) is 0 Å². The van der Waals surface area contributed by atoms with Crippen LogP contribution in [0.15, 0.2) is 18.2 Å². The van der Waals surface area contributed by atoms with Crippen molar-refractivity contribution in [1.29, 1.82) is 0 Å². The molecule has 0 amide bonds. The largest absolute Gasteiger partial charge is 0.481 e. The van der Waals surface area contributed by atoms with Crippen LogP contribution < -0.4 is 5.73 Å². The average Bonchev–Trinajstić information content (AvgIpc) is 2.31. The minimum absolute atomic E-state index is 0.160. The van der Waals surface area contributed by atoms with Gasteiger partial charge >= 0.3 is 11.9 Å². The summed E-state index contributed by atoms with van der Waals surface area (Å²) in [7, 11) is 0. The van der Waals surface area contributed by atoms with Gasteiger partial charge in [0.25, 0.3) is 0 Å². The molecule has 0 spiro atoms. The molecule has 0 radical (unpaired) electrons. The van der Waals surface area contributed by atoms with Gasteiger partial charge in [0.15, 0.2) is 5.92 Å². The van der Waals surface area contributed by atoms with Crippen molar-refractivity contribution in [2.45, 2.75) is 38.8 Å². The van der Waals surface area contributed by atoms with E-state index in [9.17, 15) is 14.7 Å². The number of aliphatic carboxylic acids is 1. The van der Waals surface area contributed by atoms with E-state index < -0.39 is 29.5 Å². The van der Waals surface area contributed by atoms with Crippen molar-refractivity contribution >= 4 is 35.1 Å². The Balaban J connectivity index is 2.89. The lowest BCUT2D eigenvalue weighted by molar-refractivity contribution is -0.167. The Kier molecular flexibility index (Phi) is 6.23. The maximum Gasteiger partial charge on any atom is 0.322 e. The van der Waals surface area contributed by atoms with Crippen LogP contribution in [0.1, 0.15) is 26.3 Å². The van der Waals surface area contributed by atoms with Crippen molar-refractivity contribution in [2.75, 3.05) is 0 Å². The van der Waals surface area contributed by atoms with E-state index >= 15 is 0 Å². The van der Waals surface area contributed by atoms with Crippen molar-refractivity contribution in [3.63, 3.8) is 0 Å². The summed E-state index contributed by atoms with van der Waals surface area (Å²) in [5, 5.41) is 9.99. The highest BCUT2D eigenvalue weighted by Gasteiger charge is 2.36. The van der Waals surface area contributed by atoms with Crippen LogP contribution in [0.3, 0.4) is 0 Å². The minimum Gasteiger partial charge on any atom is -0.481 e. The normalized spacial score (nSPS) is 14.3.